The zero-order chi connectivity index (χ0) is 19.9. The van der Waals surface area contributed by atoms with Crippen LogP contribution in [0, 0.1) is 0 Å². The summed E-state index contributed by atoms with van der Waals surface area (Å²) in [7, 11) is 0. The molecule has 3 nitrogen and oxygen atoms in total. The van der Waals surface area contributed by atoms with Crippen LogP contribution in [0.5, 0.6) is 0 Å². The van der Waals surface area contributed by atoms with E-state index >= 15 is 0 Å². The molecular formula is C22H26Cl2N2OS. The first-order valence-electron chi connectivity index (χ1n) is 9.70. The molecule has 1 fully saturated rings. The van der Waals surface area contributed by atoms with Crippen LogP contribution in [0.15, 0.2) is 48.5 Å². The maximum absolute atomic E-state index is 13.2. The van der Waals surface area contributed by atoms with Crippen LogP contribution < -0.4 is 0 Å². The SMILES string of the molecule is CCCCN(CC(=O)N1CCS[C@H]1c1ccccc1Cl)Cc1cccc(Cl)c1. The molecule has 2 aromatic rings. The molecule has 150 valence electrons. The molecule has 1 atom stereocenters. The van der Waals surface area contributed by atoms with E-state index in [-0.39, 0.29) is 11.3 Å². The number of carbonyl (C=O) groups is 1. The van der Waals surface area contributed by atoms with E-state index in [0.717, 1.165) is 59.4 Å². The number of amides is 1. The molecule has 0 unspecified atom stereocenters. The van der Waals surface area contributed by atoms with Crippen LogP contribution >= 0.6 is 35.0 Å². The fraction of sp³-hybridized carbons (Fsp3) is 0.409. The lowest BCUT2D eigenvalue weighted by atomic mass is 10.2. The molecule has 2 aromatic carbocycles. The van der Waals surface area contributed by atoms with Crippen molar-refractivity contribution in [1.29, 1.82) is 0 Å². The van der Waals surface area contributed by atoms with Gasteiger partial charge in [-0.1, -0.05) is 66.9 Å². The van der Waals surface area contributed by atoms with Gasteiger partial charge < -0.3 is 4.90 Å². The van der Waals surface area contributed by atoms with Crippen LogP contribution in [-0.2, 0) is 11.3 Å². The normalized spacial score (nSPS) is 16.7. The summed E-state index contributed by atoms with van der Waals surface area (Å²) < 4.78 is 0. The van der Waals surface area contributed by atoms with Gasteiger partial charge in [-0.2, -0.15) is 0 Å². The van der Waals surface area contributed by atoms with Crippen LogP contribution in [0.4, 0.5) is 0 Å². The Morgan fingerprint density at radius 3 is 2.79 bits per heavy atom. The smallest absolute Gasteiger partial charge is 0.237 e. The molecule has 0 aliphatic carbocycles. The Bertz CT molecular complexity index is 802. The predicted octanol–water partition coefficient (Wildman–Crippen LogP) is 5.87. The number of halogens is 2. The monoisotopic (exact) mass is 436 g/mol. The highest BCUT2D eigenvalue weighted by atomic mass is 35.5. The van der Waals surface area contributed by atoms with Gasteiger partial charge in [-0.25, -0.2) is 0 Å². The largest absolute Gasteiger partial charge is 0.325 e. The summed E-state index contributed by atoms with van der Waals surface area (Å²) in [5, 5.41) is 1.45. The van der Waals surface area contributed by atoms with Gasteiger partial charge in [0.05, 0.1) is 6.54 Å². The molecule has 28 heavy (non-hydrogen) atoms. The van der Waals surface area contributed by atoms with Gasteiger partial charge in [-0.15, -0.1) is 11.8 Å². The number of nitrogens with zero attached hydrogens (tertiary/aromatic N) is 2. The number of hydrogen-bond donors (Lipinski definition) is 0. The minimum Gasteiger partial charge on any atom is -0.325 e. The number of benzene rings is 2. The fourth-order valence-corrected chi connectivity index (χ4v) is 5.26. The van der Waals surface area contributed by atoms with Crippen LogP contribution in [-0.4, -0.2) is 41.1 Å². The van der Waals surface area contributed by atoms with E-state index < -0.39 is 0 Å². The van der Waals surface area contributed by atoms with Gasteiger partial charge in [0.15, 0.2) is 0 Å². The van der Waals surface area contributed by atoms with Gasteiger partial charge in [0.2, 0.25) is 5.91 Å². The Balaban J connectivity index is 1.70. The zero-order valence-electron chi connectivity index (χ0n) is 16.1. The first-order chi connectivity index (χ1) is 13.6. The van der Waals surface area contributed by atoms with Gasteiger partial charge in [0.25, 0.3) is 0 Å². The average Bonchev–Trinajstić information content (AvgIpc) is 3.16. The molecule has 1 heterocycles. The highest BCUT2D eigenvalue weighted by Crippen LogP contribution is 2.40. The molecule has 0 aromatic heterocycles. The van der Waals surface area contributed by atoms with E-state index in [9.17, 15) is 4.79 Å². The van der Waals surface area contributed by atoms with E-state index in [2.05, 4.69) is 17.9 Å². The second kappa shape index (κ2) is 10.5. The lowest BCUT2D eigenvalue weighted by Crippen LogP contribution is -2.40. The van der Waals surface area contributed by atoms with Crippen molar-refractivity contribution in [3.63, 3.8) is 0 Å². The molecule has 6 heteroatoms. The molecule has 3 rings (SSSR count). The second-order valence-electron chi connectivity index (χ2n) is 7.03. The van der Waals surface area contributed by atoms with Crippen molar-refractivity contribution in [2.75, 3.05) is 25.4 Å². The average molecular weight is 437 g/mol. The van der Waals surface area contributed by atoms with Gasteiger partial charge in [-0.05, 0) is 36.7 Å². The molecular weight excluding hydrogens is 411 g/mol. The number of rotatable bonds is 8. The molecule has 0 bridgehead atoms. The predicted molar refractivity (Wildman–Crippen MR) is 120 cm³/mol. The lowest BCUT2D eigenvalue weighted by molar-refractivity contribution is -0.132. The number of carbonyl (C=O) groups excluding carboxylic acids is 1. The number of unbranched alkanes of at least 4 members (excludes halogenated alkanes) is 1. The topological polar surface area (TPSA) is 23.6 Å². The Kier molecular flexibility index (Phi) is 8.10. The minimum atomic E-state index is 0.000366. The Morgan fingerprint density at radius 1 is 1.21 bits per heavy atom. The van der Waals surface area contributed by atoms with Crippen molar-refractivity contribution in [3.05, 3.63) is 69.7 Å². The first-order valence-corrected chi connectivity index (χ1v) is 11.5. The Morgan fingerprint density at radius 2 is 2.04 bits per heavy atom. The highest BCUT2D eigenvalue weighted by molar-refractivity contribution is 7.99. The molecule has 1 aliphatic rings. The summed E-state index contributed by atoms with van der Waals surface area (Å²) >= 11 is 14.3. The number of hydrogen-bond acceptors (Lipinski definition) is 3. The Labute approximate surface area is 182 Å². The summed E-state index contributed by atoms with van der Waals surface area (Å²) in [5.41, 5.74) is 2.16. The van der Waals surface area contributed by atoms with Crippen LogP contribution in [0.2, 0.25) is 10.0 Å². The Hall–Kier alpha value is -1.20. The molecule has 0 radical (unpaired) electrons. The van der Waals surface area contributed by atoms with Crippen molar-refractivity contribution in [3.8, 4) is 0 Å². The molecule has 1 amide bonds. The third-order valence-corrected chi connectivity index (χ3v) is 6.69. The third kappa shape index (κ3) is 5.66. The van der Waals surface area contributed by atoms with Gasteiger partial charge >= 0.3 is 0 Å². The van der Waals surface area contributed by atoms with Crippen LogP contribution in [0.3, 0.4) is 0 Å². The summed E-state index contributed by atoms with van der Waals surface area (Å²) in [6.07, 6.45) is 2.17. The van der Waals surface area contributed by atoms with E-state index in [1.807, 2.05) is 47.4 Å². The summed E-state index contributed by atoms with van der Waals surface area (Å²) in [6.45, 7) is 4.96. The van der Waals surface area contributed by atoms with Gasteiger partial charge in [0.1, 0.15) is 5.37 Å². The molecule has 1 aliphatic heterocycles. The maximum atomic E-state index is 13.2. The van der Waals surface area contributed by atoms with Gasteiger partial charge in [-0.3, -0.25) is 9.69 Å². The lowest BCUT2D eigenvalue weighted by Gasteiger charge is -2.29. The standard InChI is InChI=1S/C22H26Cl2N2OS/c1-2-3-11-25(15-17-7-6-8-18(23)14-17)16-21(27)26-12-13-28-22(26)19-9-4-5-10-20(19)24/h4-10,14,22H,2-3,11-13,15-16H2,1H3/t22-/m0/s1. The molecule has 0 saturated carbocycles. The maximum Gasteiger partial charge on any atom is 0.237 e. The quantitative estimate of drug-likeness (QED) is 0.516. The van der Waals surface area contributed by atoms with Crippen molar-refractivity contribution >= 4 is 40.9 Å². The van der Waals surface area contributed by atoms with E-state index in [0.29, 0.717) is 6.54 Å². The molecule has 1 saturated heterocycles. The van der Waals surface area contributed by atoms with E-state index in [4.69, 9.17) is 23.2 Å². The second-order valence-corrected chi connectivity index (χ2v) is 9.06. The first kappa shape index (κ1) is 21.5. The van der Waals surface area contributed by atoms with Crippen molar-refractivity contribution in [1.82, 2.24) is 9.80 Å². The molecule has 0 spiro atoms. The van der Waals surface area contributed by atoms with Crippen LogP contribution in [0.1, 0.15) is 36.3 Å². The van der Waals surface area contributed by atoms with Gasteiger partial charge in [0, 0.05) is 34.5 Å². The van der Waals surface area contributed by atoms with Crippen LogP contribution in [0.25, 0.3) is 0 Å². The molecule has 0 N–H and O–H groups in total. The number of thioether (sulfide) groups is 1. The summed E-state index contributed by atoms with van der Waals surface area (Å²) in [4.78, 5) is 17.4. The van der Waals surface area contributed by atoms with Crippen molar-refractivity contribution in [2.45, 2.75) is 31.7 Å². The highest BCUT2D eigenvalue weighted by Gasteiger charge is 2.32. The van der Waals surface area contributed by atoms with Crippen molar-refractivity contribution < 1.29 is 4.79 Å². The van der Waals surface area contributed by atoms with E-state index in [1.165, 1.54) is 0 Å². The third-order valence-electron chi connectivity index (χ3n) is 4.86. The van der Waals surface area contributed by atoms with Crippen molar-refractivity contribution in [2.24, 2.45) is 0 Å². The summed E-state index contributed by atoms with van der Waals surface area (Å²) in [5.74, 6) is 1.10. The van der Waals surface area contributed by atoms with E-state index in [1.54, 1.807) is 11.8 Å². The summed E-state index contributed by atoms with van der Waals surface area (Å²) in [6, 6.07) is 15.7. The minimum absolute atomic E-state index is 0.000366. The fourth-order valence-electron chi connectivity index (χ4n) is 3.43. The zero-order valence-corrected chi connectivity index (χ0v) is 18.4.